The molecule has 0 spiro atoms. The lowest BCUT2D eigenvalue weighted by atomic mass is 10.1. The maximum Gasteiger partial charge on any atom is 0.224 e. The first-order valence-corrected chi connectivity index (χ1v) is 5.21. The van der Waals surface area contributed by atoms with Gasteiger partial charge in [0.2, 0.25) is 5.91 Å². The highest BCUT2D eigenvalue weighted by Crippen LogP contribution is 2.18. The molecule has 1 aliphatic rings. The molecule has 1 aliphatic heterocycles. The fourth-order valence-electron chi connectivity index (χ4n) is 1.73. The summed E-state index contributed by atoms with van der Waals surface area (Å²) >= 11 is 4.00. The molecule has 1 rings (SSSR count). The molecule has 13 heavy (non-hydrogen) atoms. The molecular weight excluding hydrogens is 186 g/mol. The number of thiol groups is 1. The van der Waals surface area contributed by atoms with E-state index in [9.17, 15) is 9.59 Å². The van der Waals surface area contributed by atoms with E-state index in [0.29, 0.717) is 12.2 Å². The molecule has 0 aromatic carbocycles. The summed E-state index contributed by atoms with van der Waals surface area (Å²) in [4.78, 5) is 24.3. The van der Waals surface area contributed by atoms with Crippen LogP contribution in [0.25, 0.3) is 0 Å². The Morgan fingerprint density at radius 3 is 2.77 bits per heavy atom. The van der Waals surface area contributed by atoms with Gasteiger partial charge in [0, 0.05) is 13.0 Å². The smallest absolute Gasteiger partial charge is 0.224 e. The summed E-state index contributed by atoms with van der Waals surface area (Å²) in [6.07, 6.45) is 2.21. The molecule has 0 aliphatic carbocycles. The summed E-state index contributed by atoms with van der Waals surface area (Å²) in [5.41, 5.74) is 0. The van der Waals surface area contributed by atoms with Gasteiger partial charge in [0.25, 0.3) is 0 Å². The standard InChI is InChI=1S/C9H15NO2S/c1-7(11)8-3-2-5-10(8)9(12)4-6-13/h8,13H,2-6H2,1H3/t8-/m1/s1. The molecule has 0 aromatic rings. The van der Waals surface area contributed by atoms with Crippen LogP contribution in [0.3, 0.4) is 0 Å². The maximum absolute atomic E-state index is 11.5. The van der Waals surface area contributed by atoms with Gasteiger partial charge in [0.15, 0.2) is 5.78 Å². The van der Waals surface area contributed by atoms with Crippen LogP contribution in [-0.2, 0) is 9.59 Å². The number of amides is 1. The van der Waals surface area contributed by atoms with Crippen LogP contribution in [0, 0.1) is 0 Å². The van der Waals surface area contributed by atoms with Gasteiger partial charge >= 0.3 is 0 Å². The number of hydrogen-bond donors (Lipinski definition) is 1. The van der Waals surface area contributed by atoms with Crippen molar-refractivity contribution in [3.63, 3.8) is 0 Å². The zero-order valence-electron chi connectivity index (χ0n) is 7.82. The van der Waals surface area contributed by atoms with E-state index in [2.05, 4.69) is 12.6 Å². The van der Waals surface area contributed by atoms with Crippen molar-refractivity contribution >= 4 is 24.3 Å². The van der Waals surface area contributed by atoms with Gasteiger partial charge in [-0.1, -0.05) is 0 Å². The first-order valence-electron chi connectivity index (χ1n) is 4.57. The summed E-state index contributed by atoms with van der Waals surface area (Å²) in [5.74, 6) is 0.720. The lowest BCUT2D eigenvalue weighted by Gasteiger charge is -2.22. The molecule has 3 nitrogen and oxygen atoms in total. The van der Waals surface area contributed by atoms with Crippen LogP contribution >= 0.6 is 12.6 Å². The fourth-order valence-corrected chi connectivity index (χ4v) is 1.92. The van der Waals surface area contributed by atoms with Crippen molar-refractivity contribution in [2.75, 3.05) is 12.3 Å². The van der Waals surface area contributed by atoms with E-state index in [4.69, 9.17) is 0 Å². The van der Waals surface area contributed by atoms with Crippen molar-refractivity contribution in [2.24, 2.45) is 0 Å². The minimum atomic E-state index is -0.160. The summed E-state index contributed by atoms with van der Waals surface area (Å²) in [6, 6.07) is -0.160. The van der Waals surface area contributed by atoms with E-state index >= 15 is 0 Å². The summed E-state index contributed by atoms with van der Waals surface area (Å²) in [5, 5.41) is 0. The molecule has 1 heterocycles. The number of ketones is 1. The third kappa shape index (κ3) is 2.46. The predicted molar refractivity (Wildman–Crippen MR) is 53.9 cm³/mol. The van der Waals surface area contributed by atoms with Crippen LogP contribution < -0.4 is 0 Å². The first kappa shape index (κ1) is 10.6. The molecule has 0 N–H and O–H groups in total. The van der Waals surface area contributed by atoms with E-state index < -0.39 is 0 Å². The minimum Gasteiger partial charge on any atom is -0.333 e. The molecule has 0 bridgehead atoms. The fraction of sp³-hybridized carbons (Fsp3) is 0.778. The molecule has 0 saturated carbocycles. The van der Waals surface area contributed by atoms with Crippen molar-refractivity contribution in [1.82, 2.24) is 4.90 Å². The topological polar surface area (TPSA) is 37.4 Å². The van der Waals surface area contributed by atoms with Crippen LogP contribution in [0.4, 0.5) is 0 Å². The minimum absolute atomic E-state index is 0.0627. The van der Waals surface area contributed by atoms with Gasteiger partial charge in [-0.15, -0.1) is 0 Å². The molecule has 1 saturated heterocycles. The van der Waals surface area contributed by atoms with Gasteiger partial charge < -0.3 is 4.90 Å². The Morgan fingerprint density at radius 1 is 1.54 bits per heavy atom. The predicted octanol–water partition coefficient (Wildman–Crippen LogP) is 0.886. The number of hydrogen-bond acceptors (Lipinski definition) is 3. The first-order chi connectivity index (χ1) is 6.16. The second-order valence-electron chi connectivity index (χ2n) is 3.33. The molecule has 74 valence electrons. The third-order valence-electron chi connectivity index (χ3n) is 2.37. The highest BCUT2D eigenvalue weighted by molar-refractivity contribution is 7.80. The average molecular weight is 201 g/mol. The van der Waals surface area contributed by atoms with Crippen LogP contribution in [0.5, 0.6) is 0 Å². The van der Waals surface area contributed by atoms with E-state index in [1.807, 2.05) is 0 Å². The molecular formula is C9H15NO2S. The van der Waals surface area contributed by atoms with Gasteiger partial charge in [0.1, 0.15) is 0 Å². The van der Waals surface area contributed by atoms with E-state index in [-0.39, 0.29) is 17.7 Å². The number of nitrogens with zero attached hydrogens (tertiary/aromatic N) is 1. The number of rotatable bonds is 3. The summed E-state index contributed by atoms with van der Waals surface area (Å²) in [6.45, 7) is 2.29. The molecule has 1 amide bonds. The van der Waals surface area contributed by atoms with Crippen molar-refractivity contribution in [1.29, 1.82) is 0 Å². The molecule has 4 heteroatoms. The van der Waals surface area contributed by atoms with E-state index in [1.165, 1.54) is 0 Å². The Morgan fingerprint density at radius 2 is 2.23 bits per heavy atom. The Hall–Kier alpha value is -0.510. The average Bonchev–Trinajstić information content (AvgIpc) is 2.52. The van der Waals surface area contributed by atoms with Gasteiger partial charge in [-0.2, -0.15) is 12.6 Å². The second-order valence-corrected chi connectivity index (χ2v) is 3.78. The Labute approximate surface area is 83.9 Å². The molecule has 0 radical (unpaired) electrons. The monoisotopic (exact) mass is 201 g/mol. The van der Waals surface area contributed by atoms with Crippen LogP contribution in [0.2, 0.25) is 0 Å². The summed E-state index contributed by atoms with van der Waals surface area (Å²) in [7, 11) is 0. The Kier molecular flexibility index (Phi) is 3.78. The summed E-state index contributed by atoms with van der Waals surface area (Å²) < 4.78 is 0. The molecule has 0 aromatic heterocycles. The number of carbonyl (C=O) groups excluding carboxylic acids is 2. The Balaban J connectivity index is 2.57. The highest BCUT2D eigenvalue weighted by atomic mass is 32.1. The highest BCUT2D eigenvalue weighted by Gasteiger charge is 2.30. The molecule has 1 fully saturated rings. The SMILES string of the molecule is CC(=O)[C@H]1CCCN1C(=O)CCS. The largest absolute Gasteiger partial charge is 0.333 e. The number of carbonyl (C=O) groups is 2. The second kappa shape index (κ2) is 4.65. The molecule has 0 unspecified atom stereocenters. The zero-order chi connectivity index (χ0) is 9.84. The van der Waals surface area contributed by atoms with Crippen molar-refractivity contribution < 1.29 is 9.59 Å². The van der Waals surface area contributed by atoms with E-state index in [1.54, 1.807) is 11.8 Å². The van der Waals surface area contributed by atoms with Crippen LogP contribution in [0.15, 0.2) is 0 Å². The third-order valence-corrected chi connectivity index (χ3v) is 2.59. The lowest BCUT2D eigenvalue weighted by Crippen LogP contribution is -2.39. The maximum atomic E-state index is 11.5. The van der Waals surface area contributed by atoms with Crippen LogP contribution in [-0.4, -0.2) is 34.9 Å². The van der Waals surface area contributed by atoms with Crippen molar-refractivity contribution in [3.05, 3.63) is 0 Å². The van der Waals surface area contributed by atoms with Crippen LogP contribution in [0.1, 0.15) is 26.2 Å². The normalized spacial score (nSPS) is 22.0. The zero-order valence-corrected chi connectivity index (χ0v) is 8.72. The lowest BCUT2D eigenvalue weighted by molar-refractivity contribution is -0.136. The van der Waals surface area contributed by atoms with Crippen molar-refractivity contribution in [3.8, 4) is 0 Å². The Bertz CT molecular complexity index is 218. The van der Waals surface area contributed by atoms with Crippen molar-refractivity contribution in [2.45, 2.75) is 32.2 Å². The van der Waals surface area contributed by atoms with Gasteiger partial charge in [-0.3, -0.25) is 9.59 Å². The number of Topliss-reactive ketones (excluding diaryl/α,β-unsaturated/α-hetero) is 1. The van der Waals surface area contributed by atoms with Gasteiger partial charge in [0.05, 0.1) is 6.04 Å². The van der Waals surface area contributed by atoms with Gasteiger partial charge in [-0.05, 0) is 25.5 Å². The number of likely N-dealkylation sites (tertiary alicyclic amines) is 1. The molecule has 1 atom stereocenters. The van der Waals surface area contributed by atoms with Gasteiger partial charge in [-0.25, -0.2) is 0 Å². The van der Waals surface area contributed by atoms with E-state index in [0.717, 1.165) is 19.4 Å². The quantitative estimate of drug-likeness (QED) is 0.688.